The standard InChI is InChI=1S/C5H7N3O3/c6-5-3(8(10)11)1-2-4(9)7-5/h1-3,5H,6H2,(H,7,9)/t3-,5+/m1/s1. The van der Waals surface area contributed by atoms with E-state index < -0.39 is 23.0 Å². The number of nitrogens with two attached hydrogens (primary N) is 1. The average Bonchev–Trinajstić information content (AvgIpc) is 1.85. The van der Waals surface area contributed by atoms with Crippen LogP contribution in [0.1, 0.15) is 0 Å². The number of nitro groups is 1. The second kappa shape index (κ2) is 2.67. The lowest BCUT2D eigenvalue weighted by atomic mass is 10.1. The van der Waals surface area contributed by atoms with Crippen molar-refractivity contribution in [2.24, 2.45) is 5.73 Å². The SMILES string of the molecule is N[C@H]1NC(=O)C=C[C@H]1[N+](=O)[O-]. The van der Waals surface area contributed by atoms with Gasteiger partial charge < -0.3 is 11.1 Å². The van der Waals surface area contributed by atoms with Crippen LogP contribution < -0.4 is 11.1 Å². The van der Waals surface area contributed by atoms with E-state index in [1.807, 2.05) is 0 Å². The van der Waals surface area contributed by atoms with E-state index in [1.54, 1.807) is 0 Å². The van der Waals surface area contributed by atoms with Crippen LogP contribution in [0.25, 0.3) is 0 Å². The van der Waals surface area contributed by atoms with Gasteiger partial charge in [-0.3, -0.25) is 14.9 Å². The third-order valence-corrected chi connectivity index (χ3v) is 1.37. The zero-order valence-corrected chi connectivity index (χ0v) is 5.56. The van der Waals surface area contributed by atoms with Crippen LogP contribution in [0.3, 0.4) is 0 Å². The van der Waals surface area contributed by atoms with Crippen LogP contribution in [-0.2, 0) is 4.79 Å². The lowest BCUT2D eigenvalue weighted by molar-refractivity contribution is -0.513. The van der Waals surface area contributed by atoms with E-state index >= 15 is 0 Å². The molecule has 11 heavy (non-hydrogen) atoms. The van der Waals surface area contributed by atoms with E-state index in [1.165, 1.54) is 6.08 Å². The predicted octanol–water partition coefficient (Wildman–Crippen LogP) is -1.40. The third kappa shape index (κ3) is 1.53. The van der Waals surface area contributed by atoms with Crippen LogP contribution in [0, 0.1) is 10.1 Å². The van der Waals surface area contributed by atoms with Crippen molar-refractivity contribution in [2.75, 3.05) is 0 Å². The van der Waals surface area contributed by atoms with Crippen molar-refractivity contribution in [1.82, 2.24) is 5.32 Å². The summed E-state index contributed by atoms with van der Waals surface area (Å²) in [5.41, 5.74) is 5.25. The number of rotatable bonds is 1. The molecule has 1 rings (SSSR count). The smallest absolute Gasteiger partial charge is 0.264 e. The number of carbonyl (C=O) groups excluding carboxylic acids is 1. The Morgan fingerprint density at radius 3 is 2.82 bits per heavy atom. The molecular weight excluding hydrogens is 150 g/mol. The molecule has 1 amide bonds. The molecule has 1 heterocycles. The fourth-order valence-corrected chi connectivity index (χ4v) is 0.805. The first kappa shape index (κ1) is 7.67. The summed E-state index contributed by atoms with van der Waals surface area (Å²) in [6, 6.07) is -1.01. The van der Waals surface area contributed by atoms with Crippen molar-refractivity contribution in [3.63, 3.8) is 0 Å². The maximum atomic E-state index is 10.5. The van der Waals surface area contributed by atoms with Crippen molar-refractivity contribution in [1.29, 1.82) is 0 Å². The molecule has 60 valence electrons. The Morgan fingerprint density at radius 2 is 2.36 bits per heavy atom. The van der Waals surface area contributed by atoms with Gasteiger partial charge in [0.1, 0.15) is 0 Å². The Morgan fingerprint density at radius 1 is 1.73 bits per heavy atom. The van der Waals surface area contributed by atoms with Gasteiger partial charge in [-0.15, -0.1) is 0 Å². The largest absolute Gasteiger partial charge is 0.331 e. The van der Waals surface area contributed by atoms with Gasteiger partial charge in [-0.25, -0.2) is 0 Å². The van der Waals surface area contributed by atoms with Crippen LogP contribution in [0.2, 0.25) is 0 Å². The number of hydrogen-bond acceptors (Lipinski definition) is 4. The van der Waals surface area contributed by atoms with Crippen LogP contribution in [0.15, 0.2) is 12.2 Å². The van der Waals surface area contributed by atoms with Crippen LogP contribution >= 0.6 is 0 Å². The highest BCUT2D eigenvalue weighted by Gasteiger charge is 2.29. The topological polar surface area (TPSA) is 98.3 Å². The summed E-state index contributed by atoms with van der Waals surface area (Å²) in [7, 11) is 0. The minimum atomic E-state index is -1.01. The molecule has 1 aliphatic heterocycles. The lowest BCUT2D eigenvalue weighted by Crippen LogP contribution is -2.53. The van der Waals surface area contributed by atoms with E-state index in [4.69, 9.17) is 5.73 Å². The summed E-state index contributed by atoms with van der Waals surface area (Å²) in [4.78, 5) is 20.2. The van der Waals surface area contributed by atoms with Crippen LogP contribution in [0.5, 0.6) is 0 Å². The van der Waals surface area contributed by atoms with Gasteiger partial charge in [0, 0.05) is 11.0 Å². The minimum absolute atomic E-state index is 0.393. The van der Waals surface area contributed by atoms with E-state index in [-0.39, 0.29) is 0 Å². The zero-order valence-electron chi connectivity index (χ0n) is 5.56. The zero-order chi connectivity index (χ0) is 8.43. The van der Waals surface area contributed by atoms with Crippen molar-refractivity contribution in [2.45, 2.75) is 12.2 Å². The molecule has 6 heteroatoms. The highest BCUT2D eigenvalue weighted by atomic mass is 16.6. The quantitative estimate of drug-likeness (QED) is 0.361. The molecule has 0 bridgehead atoms. The van der Waals surface area contributed by atoms with Gasteiger partial charge in [0.25, 0.3) is 6.04 Å². The van der Waals surface area contributed by atoms with Gasteiger partial charge >= 0.3 is 0 Å². The molecular formula is C5H7N3O3. The van der Waals surface area contributed by atoms with E-state index in [9.17, 15) is 14.9 Å². The molecule has 0 saturated carbocycles. The molecule has 0 aliphatic carbocycles. The molecule has 3 N–H and O–H groups in total. The second-order valence-electron chi connectivity index (χ2n) is 2.17. The van der Waals surface area contributed by atoms with Crippen molar-refractivity contribution in [3.05, 3.63) is 22.3 Å². The van der Waals surface area contributed by atoms with Crippen LogP contribution in [-0.4, -0.2) is 23.0 Å². The van der Waals surface area contributed by atoms with Gasteiger partial charge in [0.15, 0.2) is 6.17 Å². The Labute approximate surface area is 62.2 Å². The first-order valence-electron chi connectivity index (χ1n) is 2.99. The summed E-state index contributed by atoms with van der Waals surface area (Å²) in [6.07, 6.45) is 1.38. The van der Waals surface area contributed by atoms with Crippen molar-refractivity contribution in [3.8, 4) is 0 Å². The highest BCUT2D eigenvalue weighted by Crippen LogP contribution is 2.00. The maximum Gasteiger partial charge on any atom is 0.264 e. The molecule has 0 fully saturated rings. The molecule has 0 spiro atoms. The van der Waals surface area contributed by atoms with Crippen molar-refractivity contribution < 1.29 is 9.72 Å². The monoisotopic (exact) mass is 157 g/mol. The van der Waals surface area contributed by atoms with Crippen LogP contribution in [0.4, 0.5) is 0 Å². The Bertz CT molecular complexity index is 225. The molecule has 2 atom stereocenters. The van der Waals surface area contributed by atoms with E-state index in [0.29, 0.717) is 0 Å². The number of amides is 1. The van der Waals surface area contributed by atoms with Gasteiger partial charge in [-0.2, -0.15) is 0 Å². The van der Waals surface area contributed by atoms with E-state index in [0.717, 1.165) is 6.08 Å². The second-order valence-corrected chi connectivity index (χ2v) is 2.17. The first-order chi connectivity index (χ1) is 5.11. The van der Waals surface area contributed by atoms with E-state index in [2.05, 4.69) is 5.32 Å². The fraction of sp³-hybridized carbons (Fsp3) is 0.400. The number of nitrogens with one attached hydrogen (secondary N) is 1. The minimum Gasteiger partial charge on any atom is -0.331 e. The molecule has 0 unspecified atom stereocenters. The Hall–Kier alpha value is -1.43. The average molecular weight is 157 g/mol. The number of hydrogen-bond donors (Lipinski definition) is 2. The molecule has 6 nitrogen and oxygen atoms in total. The highest BCUT2D eigenvalue weighted by molar-refractivity contribution is 5.88. The fourth-order valence-electron chi connectivity index (χ4n) is 0.805. The maximum absolute atomic E-state index is 10.5. The normalized spacial score (nSPS) is 29.7. The third-order valence-electron chi connectivity index (χ3n) is 1.37. The van der Waals surface area contributed by atoms with Crippen molar-refractivity contribution >= 4 is 5.91 Å². The van der Waals surface area contributed by atoms with Gasteiger partial charge in [0.2, 0.25) is 5.91 Å². The molecule has 1 aliphatic rings. The number of nitrogens with zero attached hydrogens (tertiary/aromatic N) is 1. The lowest BCUT2D eigenvalue weighted by Gasteiger charge is -2.17. The predicted molar refractivity (Wildman–Crippen MR) is 36.0 cm³/mol. The molecule has 0 radical (unpaired) electrons. The summed E-state index contributed by atoms with van der Waals surface area (Å²) in [5, 5.41) is 12.4. The summed E-state index contributed by atoms with van der Waals surface area (Å²) in [6.45, 7) is 0. The molecule has 0 aromatic carbocycles. The van der Waals surface area contributed by atoms with Gasteiger partial charge in [-0.05, 0) is 6.08 Å². The summed E-state index contributed by atoms with van der Waals surface area (Å²) in [5.74, 6) is -0.393. The molecule has 0 aromatic heterocycles. The Balaban J connectivity index is 2.76. The molecule has 0 aromatic rings. The first-order valence-corrected chi connectivity index (χ1v) is 2.99. The molecule has 0 saturated heterocycles. The summed E-state index contributed by atoms with van der Waals surface area (Å²) >= 11 is 0. The Kier molecular flexibility index (Phi) is 1.86. The van der Waals surface area contributed by atoms with Gasteiger partial charge in [0.05, 0.1) is 0 Å². The summed E-state index contributed by atoms with van der Waals surface area (Å²) < 4.78 is 0. The van der Waals surface area contributed by atoms with Gasteiger partial charge in [-0.1, -0.05) is 0 Å². The number of carbonyl (C=O) groups is 1.